The molecule has 1 amide bonds. The summed E-state index contributed by atoms with van der Waals surface area (Å²) in [5, 5.41) is 13.8. The molecule has 0 saturated heterocycles. The van der Waals surface area contributed by atoms with Gasteiger partial charge < -0.3 is 15.2 Å². The lowest BCUT2D eigenvalue weighted by atomic mass is 10.1. The zero-order chi connectivity index (χ0) is 17.3. The summed E-state index contributed by atoms with van der Waals surface area (Å²) in [7, 11) is 3.54. The molecule has 122 valence electrons. The van der Waals surface area contributed by atoms with Gasteiger partial charge in [0.25, 0.3) is 11.6 Å². The fraction of sp³-hybridized carbons (Fsp3) is 0.125. The SMILES string of the molecule is CN(C)c1ccc([N+](=O)[O-])cc1C(=O)Nc1cccc2[nH]cnc12. The minimum absolute atomic E-state index is 0.135. The molecule has 0 aliphatic heterocycles. The lowest BCUT2D eigenvalue weighted by Gasteiger charge is -2.17. The maximum absolute atomic E-state index is 12.7. The Bertz CT molecular complexity index is 932. The number of anilines is 2. The molecule has 0 aliphatic carbocycles. The van der Waals surface area contributed by atoms with Crippen molar-refractivity contribution in [1.82, 2.24) is 9.97 Å². The standard InChI is InChI=1S/C16H15N5O3/c1-20(2)14-7-6-10(21(23)24)8-11(14)16(22)19-13-5-3-4-12-15(13)18-9-17-12/h3-9H,1-2H3,(H,17,18)(H,19,22). The highest BCUT2D eigenvalue weighted by atomic mass is 16.6. The summed E-state index contributed by atoms with van der Waals surface area (Å²) in [6.45, 7) is 0. The summed E-state index contributed by atoms with van der Waals surface area (Å²) in [4.78, 5) is 32.0. The van der Waals surface area contributed by atoms with Crippen molar-refractivity contribution in [2.24, 2.45) is 0 Å². The number of H-pyrrole nitrogens is 1. The van der Waals surface area contributed by atoms with Gasteiger partial charge in [0.1, 0.15) is 5.52 Å². The number of para-hydroxylation sites is 1. The van der Waals surface area contributed by atoms with Gasteiger partial charge >= 0.3 is 0 Å². The number of benzene rings is 2. The number of hydrogen-bond acceptors (Lipinski definition) is 5. The third-order valence-corrected chi connectivity index (χ3v) is 3.62. The number of nitrogens with zero attached hydrogens (tertiary/aromatic N) is 3. The van der Waals surface area contributed by atoms with E-state index in [9.17, 15) is 14.9 Å². The van der Waals surface area contributed by atoms with Crippen LogP contribution < -0.4 is 10.2 Å². The van der Waals surface area contributed by atoms with Crippen LogP contribution in [0.2, 0.25) is 0 Å². The summed E-state index contributed by atoms with van der Waals surface area (Å²) in [6.07, 6.45) is 1.54. The predicted octanol–water partition coefficient (Wildman–Crippen LogP) is 2.79. The van der Waals surface area contributed by atoms with Crippen LogP contribution in [-0.4, -0.2) is 34.9 Å². The van der Waals surface area contributed by atoms with E-state index in [0.717, 1.165) is 5.52 Å². The van der Waals surface area contributed by atoms with E-state index in [2.05, 4.69) is 15.3 Å². The van der Waals surface area contributed by atoms with Gasteiger partial charge in [-0.1, -0.05) is 6.07 Å². The molecule has 0 radical (unpaired) electrons. The van der Waals surface area contributed by atoms with Crippen LogP contribution in [0, 0.1) is 10.1 Å². The van der Waals surface area contributed by atoms with Gasteiger partial charge in [-0.15, -0.1) is 0 Å². The van der Waals surface area contributed by atoms with Gasteiger partial charge in [-0.05, 0) is 18.2 Å². The number of aromatic amines is 1. The Kier molecular flexibility index (Phi) is 3.87. The van der Waals surface area contributed by atoms with Crippen LogP contribution in [0.4, 0.5) is 17.1 Å². The zero-order valence-electron chi connectivity index (χ0n) is 13.1. The molecule has 0 atom stereocenters. The van der Waals surface area contributed by atoms with Gasteiger partial charge in [0, 0.05) is 31.9 Å². The van der Waals surface area contributed by atoms with Crippen molar-refractivity contribution in [3.05, 3.63) is 58.4 Å². The Hall–Kier alpha value is -3.42. The molecule has 0 spiro atoms. The zero-order valence-corrected chi connectivity index (χ0v) is 13.1. The predicted molar refractivity (Wildman–Crippen MR) is 91.5 cm³/mol. The van der Waals surface area contributed by atoms with Crippen molar-refractivity contribution in [2.45, 2.75) is 0 Å². The Labute approximate surface area is 137 Å². The second-order valence-corrected chi connectivity index (χ2v) is 5.41. The summed E-state index contributed by atoms with van der Waals surface area (Å²) in [6, 6.07) is 9.57. The monoisotopic (exact) mass is 325 g/mol. The molecule has 2 aromatic carbocycles. The maximum Gasteiger partial charge on any atom is 0.270 e. The second kappa shape index (κ2) is 5.99. The van der Waals surface area contributed by atoms with Crippen molar-refractivity contribution >= 4 is 34.0 Å². The van der Waals surface area contributed by atoms with E-state index in [0.29, 0.717) is 16.9 Å². The van der Waals surface area contributed by atoms with Gasteiger partial charge in [-0.3, -0.25) is 14.9 Å². The summed E-state index contributed by atoms with van der Waals surface area (Å²) in [5.41, 5.74) is 2.63. The molecule has 0 unspecified atom stereocenters. The summed E-state index contributed by atoms with van der Waals surface area (Å²) in [5.74, 6) is -0.432. The van der Waals surface area contributed by atoms with Gasteiger partial charge in [-0.2, -0.15) is 0 Å². The number of nitrogens with one attached hydrogen (secondary N) is 2. The first-order valence-corrected chi connectivity index (χ1v) is 7.16. The van der Waals surface area contributed by atoms with Gasteiger partial charge in [0.2, 0.25) is 0 Å². The van der Waals surface area contributed by atoms with Crippen LogP contribution in [0.25, 0.3) is 11.0 Å². The van der Waals surface area contributed by atoms with E-state index in [1.807, 2.05) is 6.07 Å². The molecule has 1 heterocycles. The first-order valence-electron chi connectivity index (χ1n) is 7.16. The molecule has 3 rings (SSSR count). The third-order valence-electron chi connectivity index (χ3n) is 3.62. The quantitative estimate of drug-likeness (QED) is 0.567. The minimum Gasteiger partial charge on any atom is -0.377 e. The highest BCUT2D eigenvalue weighted by Crippen LogP contribution is 2.26. The number of nitro benzene ring substituents is 1. The van der Waals surface area contributed by atoms with Crippen molar-refractivity contribution in [1.29, 1.82) is 0 Å². The number of carbonyl (C=O) groups is 1. The molecule has 3 aromatic rings. The molecule has 8 nitrogen and oxygen atoms in total. The molecule has 8 heteroatoms. The van der Waals surface area contributed by atoms with Gasteiger partial charge in [0.15, 0.2) is 0 Å². The Morgan fingerprint density at radius 1 is 1.29 bits per heavy atom. The van der Waals surface area contributed by atoms with Crippen LogP contribution in [0.1, 0.15) is 10.4 Å². The molecule has 24 heavy (non-hydrogen) atoms. The number of amides is 1. The maximum atomic E-state index is 12.7. The van der Waals surface area contributed by atoms with E-state index in [1.165, 1.54) is 12.1 Å². The van der Waals surface area contributed by atoms with Crippen LogP contribution in [0.3, 0.4) is 0 Å². The fourth-order valence-electron chi connectivity index (χ4n) is 2.47. The molecular weight excluding hydrogens is 310 g/mol. The number of nitro groups is 1. The topological polar surface area (TPSA) is 104 Å². The molecule has 0 aliphatic rings. The van der Waals surface area contributed by atoms with Crippen LogP contribution in [-0.2, 0) is 0 Å². The largest absolute Gasteiger partial charge is 0.377 e. The van der Waals surface area contributed by atoms with E-state index < -0.39 is 10.8 Å². The van der Waals surface area contributed by atoms with Crippen LogP contribution >= 0.6 is 0 Å². The van der Waals surface area contributed by atoms with Gasteiger partial charge in [-0.25, -0.2) is 4.98 Å². The fourth-order valence-corrected chi connectivity index (χ4v) is 2.47. The van der Waals surface area contributed by atoms with Crippen LogP contribution in [0.15, 0.2) is 42.7 Å². The van der Waals surface area contributed by atoms with E-state index >= 15 is 0 Å². The minimum atomic E-state index is -0.523. The summed E-state index contributed by atoms with van der Waals surface area (Å²) < 4.78 is 0. The van der Waals surface area contributed by atoms with Gasteiger partial charge in [0.05, 0.1) is 28.0 Å². The summed E-state index contributed by atoms with van der Waals surface area (Å²) >= 11 is 0. The lowest BCUT2D eigenvalue weighted by molar-refractivity contribution is -0.384. The number of fused-ring (bicyclic) bond motifs is 1. The Morgan fingerprint density at radius 3 is 2.79 bits per heavy atom. The van der Waals surface area contributed by atoms with Crippen molar-refractivity contribution in [3.63, 3.8) is 0 Å². The van der Waals surface area contributed by atoms with E-state index in [4.69, 9.17) is 0 Å². The average Bonchev–Trinajstić information content (AvgIpc) is 3.03. The van der Waals surface area contributed by atoms with Crippen molar-refractivity contribution in [3.8, 4) is 0 Å². The van der Waals surface area contributed by atoms with E-state index in [-0.39, 0.29) is 11.3 Å². The second-order valence-electron chi connectivity index (χ2n) is 5.41. The smallest absolute Gasteiger partial charge is 0.270 e. The number of hydrogen-bond donors (Lipinski definition) is 2. The van der Waals surface area contributed by atoms with Crippen molar-refractivity contribution < 1.29 is 9.72 Å². The molecule has 0 fully saturated rings. The van der Waals surface area contributed by atoms with Crippen molar-refractivity contribution in [2.75, 3.05) is 24.3 Å². The first kappa shape index (κ1) is 15.5. The molecular formula is C16H15N5O3. The number of non-ortho nitro benzene ring substituents is 1. The van der Waals surface area contributed by atoms with E-state index in [1.54, 1.807) is 43.5 Å². The number of carbonyl (C=O) groups excluding carboxylic acids is 1. The average molecular weight is 325 g/mol. The molecule has 0 saturated carbocycles. The lowest BCUT2D eigenvalue weighted by Crippen LogP contribution is -2.19. The van der Waals surface area contributed by atoms with Crippen LogP contribution in [0.5, 0.6) is 0 Å². The molecule has 2 N–H and O–H groups in total. The number of imidazole rings is 1. The number of aromatic nitrogens is 2. The Morgan fingerprint density at radius 2 is 2.08 bits per heavy atom. The number of rotatable bonds is 4. The molecule has 1 aromatic heterocycles. The molecule has 0 bridgehead atoms. The first-order chi connectivity index (χ1) is 11.5. The highest BCUT2D eigenvalue weighted by Gasteiger charge is 2.19. The highest BCUT2D eigenvalue weighted by molar-refractivity contribution is 6.11. The third kappa shape index (κ3) is 2.76. The normalized spacial score (nSPS) is 10.6. The Balaban J connectivity index is 2.01.